The highest BCUT2D eigenvalue weighted by Crippen LogP contribution is 2.30. The second kappa shape index (κ2) is 6.50. The van der Waals surface area contributed by atoms with Crippen LogP contribution in [-0.4, -0.2) is 25.6 Å². The normalized spacial score (nSPS) is 16.3. The molecule has 1 aromatic carbocycles. The van der Waals surface area contributed by atoms with Crippen LogP contribution in [0.25, 0.3) is 0 Å². The Morgan fingerprint density at radius 2 is 1.90 bits per heavy atom. The molecule has 6 nitrogen and oxygen atoms in total. The molecule has 0 bridgehead atoms. The van der Waals surface area contributed by atoms with Crippen LogP contribution in [0.15, 0.2) is 17.0 Å². The molecule has 116 valence electrons. The fraction of sp³-hybridized carbons (Fsp3) is 0.417. The molecule has 21 heavy (non-hydrogen) atoms. The van der Waals surface area contributed by atoms with Gasteiger partial charge in [-0.05, 0) is 25.0 Å². The lowest BCUT2D eigenvalue weighted by Gasteiger charge is -2.13. The quantitative estimate of drug-likeness (QED) is 0.794. The van der Waals surface area contributed by atoms with Crippen LogP contribution in [0.1, 0.15) is 36.0 Å². The SMILES string of the molecule is O=C(O)c1cc(Cl)cc(S(=O)(=O)NOC2CCCC2)c1Cl. The number of hydrogen-bond acceptors (Lipinski definition) is 4. The van der Waals surface area contributed by atoms with Crippen molar-refractivity contribution in [3.05, 3.63) is 27.7 Å². The van der Waals surface area contributed by atoms with E-state index in [-0.39, 0.29) is 16.7 Å². The molecule has 9 heteroatoms. The van der Waals surface area contributed by atoms with Crippen LogP contribution in [0.2, 0.25) is 10.0 Å². The minimum absolute atomic E-state index is 0.0435. The summed E-state index contributed by atoms with van der Waals surface area (Å²) in [7, 11) is -4.11. The highest BCUT2D eigenvalue weighted by molar-refractivity contribution is 7.89. The van der Waals surface area contributed by atoms with Crippen LogP contribution >= 0.6 is 23.2 Å². The van der Waals surface area contributed by atoms with E-state index in [4.69, 9.17) is 33.1 Å². The Balaban J connectivity index is 2.28. The minimum atomic E-state index is -4.11. The van der Waals surface area contributed by atoms with Crippen LogP contribution in [0.3, 0.4) is 0 Å². The van der Waals surface area contributed by atoms with Gasteiger partial charge in [0.25, 0.3) is 10.0 Å². The first kappa shape index (κ1) is 16.5. The predicted molar refractivity (Wildman–Crippen MR) is 77.1 cm³/mol. The Kier molecular flexibility index (Phi) is 5.11. The molecule has 0 amide bonds. The van der Waals surface area contributed by atoms with Crippen LogP contribution in [0.5, 0.6) is 0 Å². The summed E-state index contributed by atoms with van der Waals surface area (Å²) >= 11 is 11.6. The Labute approximate surface area is 132 Å². The van der Waals surface area contributed by atoms with Gasteiger partial charge in [-0.1, -0.05) is 40.9 Å². The topological polar surface area (TPSA) is 92.7 Å². The molecule has 0 radical (unpaired) electrons. The molecule has 1 aliphatic carbocycles. The van der Waals surface area contributed by atoms with Crippen molar-refractivity contribution in [1.29, 1.82) is 0 Å². The van der Waals surface area contributed by atoms with E-state index in [1.54, 1.807) is 0 Å². The van der Waals surface area contributed by atoms with Crippen molar-refractivity contribution in [1.82, 2.24) is 4.89 Å². The van der Waals surface area contributed by atoms with Gasteiger partial charge in [0.15, 0.2) is 0 Å². The number of nitrogens with one attached hydrogen (secondary N) is 1. The first-order valence-electron chi connectivity index (χ1n) is 6.21. The second-order valence-electron chi connectivity index (χ2n) is 4.68. The van der Waals surface area contributed by atoms with Gasteiger partial charge in [-0.3, -0.25) is 4.84 Å². The predicted octanol–water partition coefficient (Wildman–Crippen LogP) is 2.84. The fourth-order valence-electron chi connectivity index (χ4n) is 2.10. The van der Waals surface area contributed by atoms with Crippen LogP contribution in [-0.2, 0) is 14.9 Å². The molecule has 0 aromatic heterocycles. The fourth-order valence-corrected chi connectivity index (χ4v) is 3.86. The molecule has 1 fully saturated rings. The van der Waals surface area contributed by atoms with Gasteiger partial charge in [0.05, 0.1) is 16.7 Å². The molecule has 2 rings (SSSR count). The van der Waals surface area contributed by atoms with E-state index in [0.717, 1.165) is 37.8 Å². The molecule has 0 spiro atoms. The maximum Gasteiger partial charge on any atom is 0.337 e. The third-order valence-electron chi connectivity index (χ3n) is 3.15. The van der Waals surface area contributed by atoms with Crippen molar-refractivity contribution in [2.45, 2.75) is 36.7 Å². The third kappa shape index (κ3) is 3.87. The van der Waals surface area contributed by atoms with Crippen molar-refractivity contribution >= 4 is 39.2 Å². The Hall–Kier alpha value is -0.860. The molecule has 0 saturated heterocycles. The first-order chi connectivity index (χ1) is 9.81. The van der Waals surface area contributed by atoms with Gasteiger partial charge in [0.2, 0.25) is 0 Å². The summed E-state index contributed by atoms with van der Waals surface area (Å²) in [5.41, 5.74) is -0.384. The molecule has 2 N–H and O–H groups in total. The second-order valence-corrected chi connectivity index (χ2v) is 7.11. The number of hydrogen-bond donors (Lipinski definition) is 2. The van der Waals surface area contributed by atoms with E-state index >= 15 is 0 Å². The molecule has 1 aliphatic rings. The monoisotopic (exact) mass is 353 g/mol. The zero-order valence-electron chi connectivity index (χ0n) is 10.8. The lowest BCUT2D eigenvalue weighted by Crippen LogP contribution is -2.29. The number of rotatable bonds is 5. The van der Waals surface area contributed by atoms with Gasteiger partial charge in [-0.2, -0.15) is 0 Å². The van der Waals surface area contributed by atoms with E-state index in [2.05, 4.69) is 0 Å². The Bertz CT molecular complexity index is 656. The van der Waals surface area contributed by atoms with Crippen molar-refractivity contribution in [2.75, 3.05) is 0 Å². The number of carboxylic acids is 1. The molecule has 0 unspecified atom stereocenters. The largest absolute Gasteiger partial charge is 0.478 e. The number of carbonyl (C=O) groups is 1. The molecule has 0 aliphatic heterocycles. The lowest BCUT2D eigenvalue weighted by atomic mass is 10.2. The van der Waals surface area contributed by atoms with Crippen molar-refractivity contribution < 1.29 is 23.2 Å². The number of halogens is 2. The maximum absolute atomic E-state index is 12.2. The van der Waals surface area contributed by atoms with Gasteiger partial charge in [-0.25, -0.2) is 13.2 Å². The molecular weight excluding hydrogens is 341 g/mol. The smallest absolute Gasteiger partial charge is 0.337 e. The van der Waals surface area contributed by atoms with Gasteiger partial charge in [0.1, 0.15) is 4.90 Å². The van der Waals surface area contributed by atoms with Crippen LogP contribution in [0.4, 0.5) is 0 Å². The zero-order valence-corrected chi connectivity index (χ0v) is 13.1. The van der Waals surface area contributed by atoms with Gasteiger partial charge >= 0.3 is 5.97 Å². The molecule has 0 atom stereocenters. The highest BCUT2D eigenvalue weighted by Gasteiger charge is 2.26. The third-order valence-corrected chi connectivity index (χ3v) is 5.10. The maximum atomic E-state index is 12.2. The highest BCUT2D eigenvalue weighted by atomic mass is 35.5. The van der Waals surface area contributed by atoms with Gasteiger partial charge < -0.3 is 5.11 Å². The molecule has 0 heterocycles. The summed E-state index contributed by atoms with van der Waals surface area (Å²) in [5.74, 6) is -1.37. The lowest BCUT2D eigenvalue weighted by molar-refractivity contribution is 0.0223. The van der Waals surface area contributed by atoms with Crippen molar-refractivity contribution in [2.24, 2.45) is 0 Å². The average molecular weight is 354 g/mol. The molecule has 1 aromatic rings. The molecular formula is C12H13Cl2NO5S. The summed E-state index contributed by atoms with van der Waals surface area (Å²) in [6.45, 7) is 0. The summed E-state index contributed by atoms with van der Waals surface area (Å²) in [5, 5.41) is 8.54. The number of sulfonamides is 1. The van der Waals surface area contributed by atoms with Crippen molar-refractivity contribution in [3.8, 4) is 0 Å². The Morgan fingerprint density at radius 1 is 1.29 bits per heavy atom. The number of carboxylic acid groups (broad SMARTS) is 1. The standard InChI is InChI=1S/C12H13Cl2NO5S/c13-7-5-9(12(16)17)11(14)10(6-7)21(18,19)15-20-8-3-1-2-4-8/h5-6,8,15H,1-4H2,(H,16,17). The van der Waals surface area contributed by atoms with E-state index in [9.17, 15) is 13.2 Å². The van der Waals surface area contributed by atoms with E-state index in [1.165, 1.54) is 0 Å². The van der Waals surface area contributed by atoms with E-state index in [1.807, 2.05) is 4.89 Å². The summed E-state index contributed by atoms with van der Waals surface area (Å²) in [6.07, 6.45) is 3.32. The zero-order chi connectivity index (χ0) is 15.6. The minimum Gasteiger partial charge on any atom is -0.478 e. The summed E-state index contributed by atoms with van der Waals surface area (Å²) in [4.78, 5) is 17.7. The van der Waals surface area contributed by atoms with Gasteiger partial charge in [-0.15, -0.1) is 0 Å². The van der Waals surface area contributed by atoms with Crippen LogP contribution in [0, 0.1) is 0 Å². The average Bonchev–Trinajstić information content (AvgIpc) is 2.91. The van der Waals surface area contributed by atoms with E-state index < -0.39 is 25.9 Å². The van der Waals surface area contributed by atoms with Crippen LogP contribution < -0.4 is 4.89 Å². The molecule has 1 saturated carbocycles. The first-order valence-corrected chi connectivity index (χ1v) is 8.45. The number of aromatic carboxylic acids is 1. The van der Waals surface area contributed by atoms with E-state index in [0.29, 0.717) is 0 Å². The van der Waals surface area contributed by atoms with Crippen molar-refractivity contribution in [3.63, 3.8) is 0 Å². The van der Waals surface area contributed by atoms with Gasteiger partial charge in [0, 0.05) is 5.02 Å². The summed E-state index contributed by atoms with van der Waals surface area (Å²) < 4.78 is 24.3. The Morgan fingerprint density at radius 3 is 2.48 bits per heavy atom. The summed E-state index contributed by atoms with van der Waals surface area (Å²) in [6, 6.07) is 2.17. The number of benzene rings is 1.